The monoisotopic (exact) mass is 271 g/mol. The second-order valence-electron chi connectivity index (χ2n) is 6.52. The van der Waals surface area contributed by atoms with Gasteiger partial charge in [0.2, 0.25) is 0 Å². The minimum atomic E-state index is -0.443. The summed E-state index contributed by atoms with van der Waals surface area (Å²) in [5.74, 6) is 0.933. The van der Waals surface area contributed by atoms with E-state index in [1.54, 1.807) is 0 Å². The smallest absolute Gasteiger partial charge is 0.407 e. The van der Waals surface area contributed by atoms with Crippen LogP contribution < -0.4 is 11.1 Å². The number of hydrogen-bond acceptors (Lipinski definition) is 4. The quantitative estimate of drug-likeness (QED) is 0.815. The van der Waals surface area contributed by atoms with Crippen LogP contribution in [-0.4, -0.2) is 49.8 Å². The number of carbonyl (C=O) groups is 1. The van der Waals surface area contributed by atoms with E-state index in [2.05, 4.69) is 17.3 Å². The van der Waals surface area contributed by atoms with Crippen LogP contribution in [0.15, 0.2) is 0 Å². The van der Waals surface area contributed by atoms with Crippen LogP contribution in [0.4, 0.5) is 4.79 Å². The second-order valence-corrected chi connectivity index (χ2v) is 6.52. The summed E-state index contributed by atoms with van der Waals surface area (Å²) < 4.78 is 5.26. The van der Waals surface area contributed by atoms with E-state index >= 15 is 0 Å². The molecule has 19 heavy (non-hydrogen) atoms. The molecule has 0 saturated carbocycles. The Morgan fingerprint density at radius 1 is 1.32 bits per heavy atom. The molecule has 0 radical (unpaired) electrons. The lowest BCUT2D eigenvalue weighted by Gasteiger charge is -2.25. The zero-order valence-electron chi connectivity index (χ0n) is 12.7. The molecule has 0 aliphatic carbocycles. The fourth-order valence-electron chi connectivity index (χ4n) is 2.46. The lowest BCUT2D eigenvalue weighted by Crippen LogP contribution is -2.38. The van der Waals surface area contributed by atoms with Gasteiger partial charge >= 0.3 is 6.09 Å². The molecule has 2 atom stereocenters. The molecule has 1 saturated heterocycles. The maximum Gasteiger partial charge on any atom is 0.407 e. The lowest BCUT2D eigenvalue weighted by atomic mass is 9.88. The minimum absolute atomic E-state index is 0.333. The highest BCUT2D eigenvalue weighted by atomic mass is 16.6. The first-order valence-corrected chi connectivity index (χ1v) is 7.17. The van der Waals surface area contributed by atoms with Gasteiger partial charge in [-0.05, 0) is 72.1 Å². The Hall–Kier alpha value is -0.810. The Morgan fingerprint density at radius 3 is 2.42 bits per heavy atom. The highest BCUT2D eigenvalue weighted by Gasteiger charge is 2.25. The van der Waals surface area contributed by atoms with E-state index < -0.39 is 5.60 Å². The third kappa shape index (κ3) is 6.25. The second kappa shape index (κ2) is 7.10. The number of nitrogens with one attached hydrogen (secondary N) is 1. The molecule has 0 aromatic rings. The van der Waals surface area contributed by atoms with Crippen molar-refractivity contribution in [3.05, 3.63) is 0 Å². The Kier molecular flexibility index (Phi) is 6.07. The van der Waals surface area contributed by atoms with Crippen molar-refractivity contribution in [1.29, 1.82) is 0 Å². The van der Waals surface area contributed by atoms with E-state index in [1.807, 2.05) is 20.8 Å². The molecular weight excluding hydrogens is 242 g/mol. The molecule has 0 bridgehead atoms. The fourth-order valence-corrected chi connectivity index (χ4v) is 2.46. The van der Waals surface area contributed by atoms with E-state index in [0.29, 0.717) is 24.9 Å². The number of rotatable bonds is 3. The van der Waals surface area contributed by atoms with Crippen LogP contribution in [0.2, 0.25) is 0 Å². The molecular formula is C14H29N3O2. The van der Waals surface area contributed by atoms with E-state index in [0.717, 1.165) is 25.9 Å². The Bertz CT molecular complexity index is 289. The van der Waals surface area contributed by atoms with Crippen molar-refractivity contribution in [2.45, 2.75) is 39.2 Å². The standard InChI is InChI=1S/C14H29N3O2/c1-14(2,3)19-13(18)16-10-12-6-8-17(4)7-5-11(12)9-15/h11-12H,5-10,15H2,1-4H3,(H,16,18). The van der Waals surface area contributed by atoms with Crippen LogP contribution in [0.1, 0.15) is 33.6 Å². The molecule has 1 heterocycles. The summed E-state index contributed by atoms with van der Waals surface area (Å²) in [7, 11) is 2.14. The first-order chi connectivity index (χ1) is 8.81. The molecule has 0 aromatic heterocycles. The molecule has 5 heteroatoms. The molecule has 1 aliphatic heterocycles. The van der Waals surface area contributed by atoms with Crippen molar-refractivity contribution in [2.24, 2.45) is 17.6 Å². The predicted molar refractivity (Wildman–Crippen MR) is 77.0 cm³/mol. The van der Waals surface area contributed by atoms with Crippen molar-refractivity contribution < 1.29 is 9.53 Å². The van der Waals surface area contributed by atoms with Crippen LogP contribution in [-0.2, 0) is 4.74 Å². The third-order valence-corrected chi connectivity index (χ3v) is 3.64. The Morgan fingerprint density at radius 2 is 1.89 bits per heavy atom. The molecule has 1 aliphatic rings. The summed E-state index contributed by atoms with van der Waals surface area (Å²) in [4.78, 5) is 14.0. The number of nitrogens with zero attached hydrogens (tertiary/aromatic N) is 1. The highest BCUT2D eigenvalue weighted by molar-refractivity contribution is 5.67. The van der Waals surface area contributed by atoms with Gasteiger partial charge in [0, 0.05) is 6.54 Å². The molecule has 2 unspecified atom stereocenters. The first kappa shape index (κ1) is 16.2. The summed E-state index contributed by atoms with van der Waals surface area (Å²) in [6.45, 7) is 9.11. The van der Waals surface area contributed by atoms with E-state index in [1.165, 1.54) is 0 Å². The van der Waals surface area contributed by atoms with Crippen LogP contribution in [0.25, 0.3) is 0 Å². The summed E-state index contributed by atoms with van der Waals surface area (Å²) >= 11 is 0. The molecule has 0 aromatic carbocycles. The van der Waals surface area contributed by atoms with Gasteiger partial charge in [0.25, 0.3) is 0 Å². The zero-order chi connectivity index (χ0) is 14.5. The number of alkyl carbamates (subject to hydrolysis) is 1. The number of nitrogens with two attached hydrogens (primary N) is 1. The van der Waals surface area contributed by atoms with E-state index in [9.17, 15) is 4.79 Å². The van der Waals surface area contributed by atoms with Gasteiger partial charge < -0.3 is 20.7 Å². The minimum Gasteiger partial charge on any atom is -0.444 e. The molecule has 112 valence electrons. The van der Waals surface area contributed by atoms with Crippen LogP contribution >= 0.6 is 0 Å². The Labute approximate surface area is 116 Å². The van der Waals surface area contributed by atoms with Crippen molar-refractivity contribution in [3.63, 3.8) is 0 Å². The van der Waals surface area contributed by atoms with Gasteiger partial charge in [-0.15, -0.1) is 0 Å². The number of carbonyl (C=O) groups excluding carboxylic acids is 1. The summed E-state index contributed by atoms with van der Waals surface area (Å²) in [5.41, 5.74) is 5.41. The Balaban J connectivity index is 2.43. The largest absolute Gasteiger partial charge is 0.444 e. The van der Waals surface area contributed by atoms with Gasteiger partial charge in [-0.1, -0.05) is 0 Å². The summed E-state index contributed by atoms with van der Waals surface area (Å²) in [5, 5.41) is 2.88. The maximum atomic E-state index is 11.7. The van der Waals surface area contributed by atoms with Gasteiger partial charge in [0.15, 0.2) is 0 Å². The van der Waals surface area contributed by atoms with Crippen molar-refractivity contribution in [2.75, 3.05) is 33.2 Å². The van der Waals surface area contributed by atoms with Gasteiger partial charge in [0.1, 0.15) is 5.60 Å². The highest BCUT2D eigenvalue weighted by Crippen LogP contribution is 2.22. The molecule has 5 nitrogen and oxygen atoms in total. The van der Waals surface area contributed by atoms with Crippen molar-refractivity contribution in [1.82, 2.24) is 10.2 Å². The number of ether oxygens (including phenoxy) is 1. The van der Waals surface area contributed by atoms with Crippen molar-refractivity contribution in [3.8, 4) is 0 Å². The van der Waals surface area contributed by atoms with E-state index in [4.69, 9.17) is 10.5 Å². The molecule has 1 amide bonds. The van der Waals surface area contributed by atoms with Gasteiger partial charge in [-0.25, -0.2) is 4.79 Å². The van der Waals surface area contributed by atoms with Crippen LogP contribution in [0, 0.1) is 11.8 Å². The predicted octanol–water partition coefficient (Wildman–Crippen LogP) is 1.43. The summed E-state index contributed by atoms with van der Waals surface area (Å²) in [6, 6.07) is 0. The molecule has 3 N–H and O–H groups in total. The van der Waals surface area contributed by atoms with Crippen LogP contribution in [0.5, 0.6) is 0 Å². The third-order valence-electron chi connectivity index (χ3n) is 3.64. The first-order valence-electron chi connectivity index (χ1n) is 7.17. The van der Waals surface area contributed by atoms with Crippen LogP contribution in [0.3, 0.4) is 0 Å². The average molecular weight is 271 g/mol. The SMILES string of the molecule is CN1CCC(CN)C(CNC(=O)OC(C)(C)C)CC1. The molecule has 0 spiro atoms. The number of likely N-dealkylation sites (tertiary alicyclic amines) is 1. The topological polar surface area (TPSA) is 67.6 Å². The van der Waals surface area contributed by atoms with Crippen molar-refractivity contribution >= 4 is 6.09 Å². The van der Waals surface area contributed by atoms with E-state index in [-0.39, 0.29) is 6.09 Å². The normalized spacial score (nSPS) is 25.7. The lowest BCUT2D eigenvalue weighted by molar-refractivity contribution is 0.0512. The van der Waals surface area contributed by atoms with Gasteiger partial charge in [-0.2, -0.15) is 0 Å². The maximum absolute atomic E-state index is 11.7. The number of amides is 1. The average Bonchev–Trinajstić information content (AvgIpc) is 2.46. The number of hydrogen-bond donors (Lipinski definition) is 2. The fraction of sp³-hybridized carbons (Fsp3) is 0.929. The summed E-state index contributed by atoms with van der Waals surface area (Å²) in [6.07, 6.45) is 1.85. The molecule has 1 rings (SSSR count). The molecule has 1 fully saturated rings. The zero-order valence-corrected chi connectivity index (χ0v) is 12.7. The van der Waals surface area contributed by atoms with Gasteiger partial charge in [0.05, 0.1) is 0 Å². The van der Waals surface area contributed by atoms with Gasteiger partial charge in [-0.3, -0.25) is 0 Å².